The fraction of sp³-hybridized carbons (Fsp3) is 0.125. The number of carbonyl (C=O) groups is 1. The third-order valence-electron chi connectivity index (χ3n) is 1.63. The molecule has 0 heterocycles. The molecule has 0 amide bonds. The molecule has 0 saturated carbocycles. The van der Waals surface area contributed by atoms with Crippen molar-refractivity contribution in [1.82, 2.24) is 0 Å². The van der Waals surface area contributed by atoms with E-state index in [1.165, 1.54) is 31.4 Å². The Morgan fingerprint density at radius 1 is 1.29 bits per heavy atom. The van der Waals surface area contributed by atoms with Crippen LogP contribution in [0.5, 0.6) is 0 Å². The first kappa shape index (κ1) is 13.9. The van der Waals surface area contributed by atoms with E-state index in [9.17, 15) is 4.79 Å². The van der Waals surface area contributed by atoms with Crippen molar-refractivity contribution in [2.45, 2.75) is 0 Å². The van der Waals surface area contributed by atoms with Crippen LogP contribution in [0.25, 0.3) is 0 Å². The summed E-state index contributed by atoms with van der Waals surface area (Å²) in [6, 6.07) is 5.86. The predicted octanol–water partition coefficient (Wildman–Crippen LogP) is -0.847. The third-order valence-corrected chi connectivity index (χ3v) is 1.63. The van der Waals surface area contributed by atoms with Crippen molar-refractivity contribution < 1.29 is 57.3 Å². The van der Waals surface area contributed by atoms with E-state index >= 15 is 0 Å². The van der Waals surface area contributed by atoms with Gasteiger partial charge in [-0.05, 0) is 17.6 Å². The second kappa shape index (κ2) is 6.42. The van der Waals surface area contributed by atoms with Gasteiger partial charge in [0.05, 0.1) is 12.7 Å². The van der Waals surface area contributed by atoms with Crippen molar-refractivity contribution in [3.63, 3.8) is 0 Å². The molecular formula is C8H9ArBO4. The summed E-state index contributed by atoms with van der Waals surface area (Å²) in [4.78, 5) is 10.9. The Kier molecular flexibility index (Phi) is 6.39. The third kappa shape index (κ3) is 3.59. The summed E-state index contributed by atoms with van der Waals surface area (Å²) < 4.78 is 4.47. The zero-order valence-electron chi connectivity index (χ0n) is 7.45. The molecule has 0 aromatic heterocycles. The van der Waals surface area contributed by atoms with Crippen molar-refractivity contribution in [2.75, 3.05) is 7.11 Å². The molecule has 0 radical (unpaired) electrons. The first-order valence-corrected chi connectivity index (χ1v) is 3.69. The van der Waals surface area contributed by atoms with Crippen LogP contribution in [0.3, 0.4) is 0 Å². The van der Waals surface area contributed by atoms with Gasteiger partial charge in [0.15, 0.2) is 0 Å². The molecule has 2 N–H and O–H groups in total. The topological polar surface area (TPSA) is 66.8 Å². The van der Waals surface area contributed by atoms with Gasteiger partial charge in [0.2, 0.25) is 0 Å². The number of rotatable bonds is 2. The summed E-state index contributed by atoms with van der Waals surface area (Å²) in [6.45, 7) is 0. The summed E-state index contributed by atoms with van der Waals surface area (Å²) in [5.41, 5.74) is 0.722. The Balaban J connectivity index is 0.00000169. The Morgan fingerprint density at radius 2 is 1.79 bits per heavy atom. The van der Waals surface area contributed by atoms with E-state index < -0.39 is 13.1 Å². The van der Waals surface area contributed by atoms with E-state index in [-0.39, 0.29) is 37.7 Å². The molecule has 0 aliphatic carbocycles. The van der Waals surface area contributed by atoms with Gasteiger partial charge in [-0.1, -0.05) is 12.1 Å². The zero-order chi connectivity index (χ0) is 9.84. The standard InChI is InChI=1S/C8H9BO4.Ar/c1-13-8(10)6-2-4-7(5-3-6)9(11)12;/h2-5,11-12H,1H3;. The average molecular weight is 220 g/mol. The molecule has 4 nitrogen and oxygen atoms in total. The van der Waals surface area contributed by atoms with Crippen LogP contribution in [0.2, 0.25) is 0 Å². The smallest absolute Gasteiger partial charge is 0.465 e. The zero-order valence-corrected chi connectivity index (χ0v) is 8.16. The predicted molar refractivity (Wildman–Crippen MR) is 47.6 cm³/mol. The van der Waals surface area contributed by atoms with Crippen molar-refractivity contribution in [3.8, 4) is 0 Å². The van der Waals surface area contributed by atoms with Gasteiger partial charge < -0.3 is 14.8 Å². The monoisotopic (exact) mass is 220 g/mol. The Hall–Kier alpha value is -0.0653. The van der Waals surface area contributed by atoms with Crippen LogP contribution in [0.1, 0.15) is 10.4 Å². The summed E-state index contributed by atoms with van der Waals surface area (Å²) in [5.74, 6) is -0.445. The molecule has 14 heavy (non-hydrogen) atoms. The fourth-order valence-corrected chi connectivity index (χ4v) is 0.909. The first-order valence-electron chi connectivity index (χ1n) is 3.69. The van der Waals surface area contributed by atoms with Gasteiger partial charge in [-0.25, -0.2) is 4.79 Å². The normalized spacial score (nSPS) is 8.79. The molecule has 0 aliphatic heterocycles. The van der Waals surface area contributed by atoms with E-state index in [0.717, 1.165) is 0 Å². The van der Waals surface area contributed by atoms with Crippen LogP contribution in [0.4, 0.5) is 0 Å². The maximum atomic E-state index is 10.9. The molecule has 0 atom stereocenters. The van der Waals surface area contributed by atoms with Crippen molar-refractivity contribution >= 4 is 18.6 Å². The van der Waals surface area contributed by atoms with Crippen LogP contribution < -0.4 is 5.46 Å². The summed E-state index contributed by atoms with van der Waals surface area (Å²) in [7, 11) is -0.219. The fourth-order valence-electron chi connectivity index (χ4n) is 0.909. The molecule has 6 heteroatoms. The van der Waals surface area contributed by atoms with Gasteiger partial charge in [0, 0.05) is 37.7 Å². The Morgan fingerprint density at radius 3 is 2.14 bits per heavy atom. The Bertz CT molecular complexity index is 299. The Labute approximate surface area is 112 Å². The summed E-state index contributed by atoms with van der Waals surface area (Å²) in [6.07, 6.45) is 0. The largest absolute Gasteiger partial charge is 0.488 e. The van der Waals surface area contributed by atoms with Crippen molar-refractivity contribution in [3.05, 3.63) is 29.8 Å². The number of hydrogen-bond donors (Lipinski definition) is 2. The summed E-state index contributed by atoms with van der Waals surface area (Å²) >= 11 is 0. The van der Waals surface area contributed by atoms with Crippen LogP contribution >= 0.6 is 0 Å². The minimum atomic E-state index is -1.51. The van der Waals surface area contributed by atoms with Crippen molar-refractivity contribution in [2.24, 2.45) is 0 Å². The number of benzene rings is 1. The van der Waals surface area contributed by atoms with Crippen LogP contribution in [-0.2, 0) is 4.74 Å². The SMILES string of the molecule is COC(=O)c1ccc(B(O)O)cc1.[Ar]. The number of esters is 1. The molecule has 1 rings (SSSR count). The second-order valence-electron chi connectivity index (χ2n) is 2.49. The molecule has 0 spiro atoms. The molecule has 0 fully saturated rings. The van der Waals surface area contributed by atoms with E-state index in [2.05, 4.69) is 4.74 Å². The van der Waals surface area contributed by atoms with Gasteiger partial charge in [0.25, 0.3) is 0 Å². The van der Waals surface area contributed by atoms with Gasteiger partial charge in [-0.2, -0.15) is 0 Å². The van der Waals surface area contributed by atoms with Crippen LogP contribution in [0, 0.1) is 37.7 Å². The van der Waals surface area contributed by atoms with Gasteiger partial charge in [0.1, 0.15) is 0 Å². The first-order chi connectivity index (χ1) is 6.15. The molecule has 1 aromatic carbocycles. The van der Waals surface area contributed by atoms with Gasteiger partial charge >= 0.3 is 13.1 Å². The van der Waals surface area contributed by atoms with Crippen molar-refractivity contribution in [1.29, 1.82) is 0 Å². The average Bonchev–Trinajstić information content (AvgIpc) is 2.17. The molecule has 0 saturated heterocycles. The molecule has 0 bridgehead atoms. The number of methoxy groups -OCH3 is 1. The maximum Gasteiger partial charge on any atom is 0.488 e. The molecule has 1 aromatic rings. The molecule has 0 unspecified atom stereocenters. The number of ether oxygens (including phenoxy) is 1. The minimum absolute atomic E-state index is 0. The second-order valence-corrected chi connectivity index (χ2v) is 2.49. The quantitative estimate of drug-likeness (QED) is 0.503. The molecular weight excluding hydrogens is 211 g/mol. The summed E-state index contributed by atoms with van der Waals surface area (Å²) in [5, 5.41) is 17.5. The molecule has 0 aliphatic rings. The molecule has 76 valence electrons. The maximum absolute atomic E-state index is 10.9. The number of carbonyl (C=O) groups excluding carboxylic acids is 1. The van der Waals surface area contributed by atoms with Crippen LogP contribution in [-0.4, -0.2) is 30.2 Å². The van der Waals surface area contributed by atoms with Crippen LogP contribution in [0.15, 0.2) is 24.3 Å². The minimum Gasteiger partial charge on any atom is -0.465 e. The van der Waals surface area contributed by atoms with E-state index in [1.54, 1.807) is 0 Å². The van der Waals surface area contributed by atoms with E-state index in [4.69, 9.17) is 10.0 Å². The number of hydrogen-bond acceptors (Lipinski definition) is 4. The van der Waals surface area contributed by atoms with Gasteiger partial charge in [-0.15, -0.1) is 0 Å². The van der Waals surface area contributed by atoms with E-state index in [1.807, 2.05) is 0 Å². The van der Waals surface area contributed by atoms with E-state index in [0.29, 0.717) is 11.0 Å². The van der Waals surface area contributed by atoms with Gasteiger partial charge in [-0.3, -0.25) is 0 Å².